The summed E-state index contributed by atoms with van der Waals surface area (Å²) in [4.78, 5) is 33.3. The first-order chi connectivity index (χ1) is 13.0. The van der Waals surface area contributed by atoms with Crippen LogP contribution in [0.2, 0.25) is 0 Å². The zero-order valence-electron chi connectivity index (χ0n) is 14.9. The average Bonchev–Trinajstić information content (AvgIpc) is 3.40. The van der Waals surface area contributed by atoms with Gasteiger partial charge >= 0.3 is 5.97 Å². The third-order valence-corrected chi connectivity index (χ3v) is 7.39. The number of thiophene rings is 2. The summed E-state index contributed by atoms with van der Waals surface area (Å²) in [5, 5.41) is 6.82. The lowest BCUT2D eigenvalue weighted by atomic mass is 10.1. The van der Waals surface area contributed by atoms with Crippen molar-refractivity contribution < 1.29 is 14.3 Å². The number of rotatable bonds is 4. The Hall–Kier alpha value is -2.03. The standard InChI is InChI=1S/C19H18N2O3S3/c1-11-16(27-17(20-11)14-4-7-25-10-14)19(23)24-12(2)18(22)21-6-3-15-13(9-21)5-8-26-15/h4-5,7-8,10,12H,3,6,9H2,1-2H3/t12-/m0/s1. The minimum absolute atomic E-state index is 0.152. The van der Waals surface area contributed by atoms with E-state index in [-0.39, 0.29) is 5.91 Å². The Morgan fingerprint density at radius 1 is 1.30 bits per heavy atom. The van der Waals surface area contributed by atoms with Crippen molar-refractivity contribution in [2.24, 2.45) is 0 Å². The molecule has 0 radical (unpaired) electrons. The van der Waals surface area contributed by atoms with Crippen LogP contribution in [-0.2, 0) is 22.5 Å². The lowest BCUT2D eigenvalue weighted by molar-refractivity contribution is -0.140. The molecule has 4 heterocycles. The Bertz CT molecular complexity index is 974. The van der Waals surface area contributed by atoms with Gasteiger partial charge in [-0.1, -0.05) is 0 Å². The minimum atomic E-state index is -0.816. The van der Waals surface area contributed by atoms with E-state index in [1.165, 1.54) is 21.8 Å². The molecule has 1 aliphatic heterocycles. The molecule has 4 rings (SSSR count). The summed E-state index contributed by atoms with van der Waals surface area (Å²) in [6, 6.07) is 4.03. The van der Waals surface area contributed by atoms with Crippen molar-refractivity contribution in [2.45, 2.75) is 32.9 Å². The summed E-state index contributed by atoms with van der Waals surface area (Å²) in [5.74, 6) is -0.638. The zero-order valence-corrected chi connectivity index (χ0v) is 17.4. The van der Waals surface area contributed by atoms with E-state index in [2.05, 4.69) is 16.4 Å². The predicted octanol–water partition coefficient (Wildman–Crippen LogP) is 4.37. The maximum absolute atomic E-state index is 12.7. The molecular weight excluding hydrogens is 400 g/mol. The number of aryl methyl sites for hydroxylation is 1. The number of amides is 1. The van der Waals surface area contributed by atoms with Gasteiger partial charge in [0.05, 0.1) is 5.69 Å². The third kappa shape index (κ3) is 3.69. The van der Waals surface area contributed by atoms with Crippen molar-refractivity contribution in [1.82, 2.24) is 9.88 Å². The van der Waals surface area contributed by atoms with E-state index in [0.29, 0.717) is 23.7 Å². The highest BCUT2D eigenvalue weighted by atomic mass is 32.1. The van der Waals surface area contributed by atoms with Crippen LogP contribution in [-0.4, -0.2) is 34.4 Å². The van der Waals surface area contributed by atoms with Gasteiger partial charge in [0, 0.05) is 28.9 Å². The second kappa shape index (κ2) is 7.53. The molecule has 0 fully saturated rings. The summed E-state index contributed by atoms with van der Waals surface area (Å²) in [6.45, 7) is 4.68. The third-order valence-electron chi connectivity index (χ3n) is 4.50. The first-order valence-corrected chi connectivity index (χ1v) is 11.2. The second-order valence-corrected chi connectivity index (χ2v) is 9.15. The second-order valence-electron chi connectivity index (χ2n) is 6.37. The molecule has 0 unspecified atom stereocenters. The van der Waals surface area contributed by atoms with Crippen LogP contribution in [0.25, 0.3) is 10.6 Å². The summed E-state index contributed by atoms with van der Waals surface area (Å²) >= 11 is 4.62. The van der Waals surface area contributed by atoms with Crippen molar-refractivity contribution >= 4 is 45.9 Å². The Kier molecular flexibility index (Phi) is 5.12. The average molecular weight is 419 g/mol. The van der Waals surface area contributed by atoms with Gasteiger partial charge in [0.1, 0.15) is 9.88 Å². The number of hydrogen-bond acceptors (Lipinski definition) is 7. The lowest BCUT2D eigenvalue weighted by Crippen LogP contribution is -2.42. The number of thiazole rings is 1. The number of carbonyl (C=O) groups is 2. The highest BCUT2D eigenvalue weighted by molar-refractivity contribution is 7.17. The highest BCUT2D eigenvalue weighted by Gasteiger charge is 2.29. The van der Waals surface area contributed by atoms with Crippen LogP contribution in [0.1, 0.15) is 32.7 Å². The molecule has 0 aliphatic carbocycles. The van der Waals surface area contributed by atoms with E-state index in [1.807, 2.05) is 16.8 Å². The fraction of sp³-hybridized carbons (Fsp3) is 0.316. The topological polar surface area (TPSA) is 59.5 Å². The van der Waals surface area contributed by atoms with E-state index in [4.69, 9.17) is 4.74 Å². The van der Waals surface area contributed by atoms with Crippen LogP contribution in [0.4, 0.5) is 0 Å². The SMILES string of the molecule is Cc1nc(-c2ccsc2)sc1C(=O)O[C@@H](C)C(=O)N1CCc2sccc2C1. The molecule has 3 aromatic heterocycles. The van der Waals surface area contributed by atoms with Gasteiger partial charge in [0.2, 0.25) is 0 Å². The van der Waals surface area contributed by atoms with Gasteiger partial charge in [-0.3, -0.25) is 4.79 Å². The van der Waals surface area contributed by atoms with Crippen molar-refractivity contribution in [3.8, 4) is 10.6 Å². The van der Waals surface area contributed by atoms with E-state index in [0.717, 1.165) is 17.0 Å². The van der Waals surface area contributed by atoms with Crippen LogP contribution in [0.15, 0.2) is 28.3 Å². The first-order valence-electron chi connectivity index (χ1n) is 8.58. The van der Waals surface area contributed by atoms with Crippen LogP contribution < -0.4 is 0 Å². The first kappa shape index (κ1) is 18.3. The maximum atomic E-state index is 12.7. The fourth-order valence-electron chi connectivity index (χ4n) is 3.05. The molecule has 0 aromatic carbocycles. The molecule has 0 bridgehead atoms. The lowest BCUT2D eigenvalue weighted by Gasteiger charge is -2.29. The van der Waals surface area contributed by atoms with Gasteiger partial charge in [0.15, 0.2) is 6.10 Å². The molecule has 1 aliphatic rings. The molecule has 8 heteroatoms. The molecule has 3 aromatic rings. The smallest absolute Gasteiger partial charge is 0.351 e. The predicted molar refractivity (Wildman–Crippen MR) is 108 cm³/mol. The van der Waals surface area contributed by atoms with Gasteiger partial charge < -0.3 is 9.64 Å². The summed E-state index contributed by atoms with van der Waals surface area (Å²) in [6.07, 6.45) is 0.0426. The van der Waals surface area contributed by atoms with Crippen LogP contribution in [0.5, 0.6) is 0 Å². The van der Waals surface area contributed by atoms with Crippen LogP contribution in [0, 0.1) is 6.92 Å². The molecule has 0 N–H and O–H groups in total. The van der Waals surface area contributed by atoms with Gasteiger partial charge in [0.25, 0.3) is 5.91 Å². The van der Waals surface area contributed by atoms with Crippen LogP contribution >= 0.6 is 34.0 Å². The number of nitrogens with zero attached hydrogens (tertiary/aromatic N) is 2. The molecule has 140 valence electrons. The summed E-state index contributed by atoms with van der Waals surface area (Å²) in [7, 11) is 0. The van der Waals surface area contributed by atoms with Crippen molar-refractivity contribution in [2.75, 3.05) is 6.54 Å². The molecule has 1 amide bonds. The zero-order chi connectivity index (χ0) is 19.0. The Labute approximate surface area is 169 Å². The normalized spacial score (nSPS) is 14.7. The molecule has 5 nitrogen and oxygen atoms in total. The van der Waals surface area contributed by atoms with Gasteiger partial charge in [-0.15, -0.1) is 22.7 Å². The van der Waals surface area contributed by atoms with Gasteiger partial charge in [-0.25, -0.2) is 9.78 Å². The summed E-state index contributed by atoms with van der Waals surface area (Å²) < 4.78 is 5.48. The maximum Gasteiger partial charge on any atom is 0.351 e. The van der Waals surface area contributed by atoms with Crippen molar-refractivity contribution in [1.29, 1.82) is 0 Å². The van der Waals surface area contributed by atoms with Crippen LogP contribution in [0.3, 0.4) is 0 Å². The van der Waals surface area contributed by atoms with Gasteiger partial charge in [-0.2, -0.15) is 11.3 Å². The number of carbonyl (C=O) groups excluding carboxylic acids is 2. The number of hydrogen-bond donors (Lipinski definition) is 0. The number of esters is 1. The van der Waals surface area contributed by atoms with E-state index in [9.17, 15) is 9.59 Å². The quantitative estimate of drug-likeness (QED) is 0.590. The van der Waals surface area contributed by atoms with E-state index in [1.54, 1.807) is 41.4 Å². The Morgan fingerprint density at radius 3 is 2.93 bits per heavy atom. The molecule has 27 heavy (non-hydrogen) atoms. The van der Waals surface area contributed by atoms with Gasteiger partial charge in [-0.05, 0) is 48.7 Å². The van der Waals surface area contributed by atoms with Crippen molar-refractivity contribution in [3.63, 3.8) is 0 Å². The minimum Gasteiger partial charge on any atom is -0.448 e. The number of ether oxygens (including phenoxy) is 1. The monoisotopic (exact) mass is 418 g/mol. The molecule has 0 spiro atoms. The van der Waals surface area contributed by atoms with E-state index < -0.39 is 12.1 Å². The number of fused-ring (bicyclic) bond motifs is 1. The summed E-state index contributed by atoms with van der Waals surface area (Å²) in [5.41, 5.74) is 2.82. The van der Waals surface area contributed by atoms with E-state index >= 15 is 0 Å². The fourth-order valence-corrected chi connectivity index (χ4v) is 5.60. The van der Waals surface area contributed by atoms with Crippen molar-refractivity contribution in [3.05, 3.63) is 49.3 Å². The molecule has 1 atom stereocenters. The largest absolute Gasteiger partial charge is 0.448 e. The molecular formula is C19H18N2O3S3. The Balaban J connectivity index is 1.43. The molecule has 0 saturated carbocycles. The highest BCUT2D eigenvalue weighted by Crippen LogP contribution is 2.30. The molecule has 0 saturated heterocycles. The Morgan fingerprint density at radius 2 is 2.15 bits per heavy atom. The number of aromatic nitrogens is 1.